The summed E-state index contributed by atoms with van der Waals surface area (Å²) in [7, 11) is 1.71. The van der Waals surface area contributed by atoms with Gasteiger partial charge in [0.2, 0.25) is 0 Å². The zero-order valence-electron chi connectivity index (χ0n) is 11.5. The van der Waals surface area contributed by atoms with Gasteiger partial charge in [0.05, 0.1) is 12.1 Å². The topological polar surface area (TPSA) is 21.3 Å². The summed E-state index contributed by atoms with van der Waals surface area (Å²) in [6.07, 6.45) is 3.62. The van der Waals surface area contributed by atoms with Crippen LogP contribution in [0.4, 0.5) is 0 Å². The first kappa shape index (κ1) is 13.7. The van der Waals surface area contributed by atoms with Crippen molar-refractivity contribution in [2.75, 3.05) is 20.2 Å². The Hall–Kier alpha value is -0.730. The fraction of sp³-hybridized carbons (Fsp3) is 0.600. The van der Waals surface area contributed by atoms with Crippen molar-refractivity contribution >= 4 is 11.6 Å². The van der Waals surface area contributed by atoms with Gasteiger partial charge in [-0.05, 0) is 74.9 Å². The minimum absolute atomic E-state index is 0.698. The molecular formula is C15H22ClNO. The van der Waals surface area contributed by atoms with Crippen molar-refractivity contribution in [1.82, 2.24) is 5.32 Å². The molecule has 1 saturated heterocycles. The highest BCUT2D eigenvalue weighted by molar-refractivity contribution is 6.32. The average Bonchev–Trinajstić information content (AvgIpc) is 2.37. The van der Waals surface area contributed by atoms with Crippen LogP contribution in [0.2, 0.25) is 5.02 Å². The quantitative estimate of drug-likeness (QED) is 0.905. The van der Waals surface area contributed by atoms with E-state index in [0.717, 1.165) is 30.3 Å². The molecule has 1 fully saturated rings. The predicted molar refractivity (Wildman–Crippen MR) is 76.8 cm³/mol. The monoisotopic (exact) mass is 267 g/mol. The molecule has 0 bridgehead atoms. The van der Waals surface area contributed by atoms with Gasteiger partial charge in [-0.3, -0.25) is 0 Å². The maximum Gasteiger partial charge on any atom is 0.140 e. The van der Waals surface area contributed by atoms with E-state index in [-0.39, 0.29) is 0 Å². The zero-order valence-corrected chi connectivity index (χ0v) is 12.2. The summed E-state index contributed by atoms with van der Waals surface area (Å²) >= 11 is 6.28. The predicted octanol–water partition coefficient (Wildman–Crippen LogP) is 3.51. The average molecular weight is 268 g/mol. The Morgan fingerprint density at radius 2 is 2.22 bits per heavy atom. The number of benzene rings is 1. The van der Waals surface area contributed by atoms with Crippen molar-refractivity contribution in [1.29, 1.82) is 0 Å². The molecule has 0 aliphatic carbocycles. The second kappa shape index (κ2) is 5.94. The Balaban J connectivity index is 2.29. The van der Waals surface area contributed by atoms with E-state index >= 15 is 0 Å². The lowest BCUT2D eigenvalue weighted by molar-refractivity contribution is 0.363. The molecule has 1 heterocycles. The summed E-state index contributed by atoms with van der Waals surface area (Å²) in [5.74, 6) is 1.56. The number of hydrogen-bond donors (Lipinski definition) is 1. The number of methoxy groups -OCH3 is 1. The van der Waals surface area contributed by atoms with Gasteiger partial charge in [-0.1, -0.05) is 11.6 Å². The summed E-state index contributed by atoms with van der Waals surface area (Å²) in [6.45, 7) is 6.54. The Labute approximate surface area is 115 Å². The van der Waals surface area contributed by atoms with E-state index in [2.05, 4.69) is 19.2 Å². The molecule has 1 aromatic carbocycles. The first-order valence-corrected chi connectivity index (χ1v) is 7.04. The van der Waals surface area contributed by atoms with Crippen molar-refractivity contribution in [3.8, 4) is 5.75 Å². The molecule has 0 radical (unpaired) electrons. The Morgan fingerprint density at radius 1 is 1.44 bits per heavy atom. The molecule has 100 valence electrons. The highest BCUT2D eigenvalue weighted by Gasteiger charge is 2.19. The largest absolute Gasteiger partial charge is 0.495 e. The van der Waals surface area contributed by atoms with E-state index in [0.29, 0.717) is 5.92 Å². The minimum atomic E-state index is 0.698. The lowest BCUT2D eigenvalue weighted by Crippen LogP contribution is -2.31. The van der Waals surface area contributed by atoms with Crippen LogP contribution in [-0.4, -0.2) is 20.2 Å². The molecule has 1 aliphatic heterocycles. The summed E-state index contributed by atoms with van der Waals surface area (Å²) in [5, 5.41) is 4.20. The van der Waals surface area contributed by atoms with Crippen LogP contribution in [0.5, 0.6) is 5.75 Å². The Bertz CT molecular complexity index is 425. The van der Waals surface area contributed by atoms with Crippen molar-refractivity contribution in [2.24, 2.45) is 5.92 Å². The second-order valence-electron chi connectivity index (χ2n) is 5.23. The van der Waals surface area contributed by atoms with E-state index in [9.17, 15) is 0 Å². The minimum Gasteiger partial charge on any atom is -0.495 e. The van der Waals surface area contributed by atoms with Crippen LogP contribution >= 0.6 is 11.6 Å². The Morgan fingerprint density at radius 3 is 2.83 bits per heavy atom. The van der Waals surface area contributed by atoms with Gasteiger partial charge in [0, 0.05) is 0 Å². The summed E-state index contributed by atoms with van der Waals surface area (Å²) < 4.78 is 5.50. The number of nitrogens with one attached hydrogen (secondary N) is 1. The number of rotatable bonds is 3. The third-order valence-corrected chi connectivity index (χ3v) is 4.26. The molecule has 0 spiro atoms. The summed E-state index contributed by atoms with van der Waals surface area (Å²) in [6, 6.07) is 2.00. The highest BCUT2D eigenvalue weighted by Crippen LogP contribution is 2.35. The summed E-state index contributed by atoms with van der Waals surface area (Å²) in [5.41, 5.74) is 3.86. The number of aryl methyl sites for hydroxylation is 1. The molecule has 1 N–H and O–H groups in total. The molecule has 0 amide bonds. The second-order valence-corrected chi connectivity index (χ2v) is 5.64. The van der Waals surface area contributed by atoms with Crippen LogP contribution in [-0.2, 0) is 6.42 Å². The van der Waals surface area contributed by atoms with Crippen molar-refractivity contribution in [2.45, 2.75) is 33.1 Å². The maximum atomic E-state index is 6.28. The fourth-order valence-corrected chi connectivity index (χ4v) is 3.12. The first-order chi connectivity index (χ1) is 8.63. The number of ether oxygens (including phenoxy) is 1. The van der Waals surface area contributed by atoms with Crippen molar-refractivity contribution in [3.05, 3.63) is 27.8 Å². The number of hydrogen-bond acceptors (Lipinski definition) is 2. The van der Waals surface area contributed by atoms with Crippen LogP contribution in [0.15, 0.2) is 6.07 Å². The summed E-state index contributed by atoms with van der Waals surface area (Å²) in [4.78, 5) is 0. The van der Waals surface area contributed by atoms with Gasteiger partial charge < -0.3 is 10.1 Å². The van der Waals surface area contributed by atoms with E-state index in [1.807, 2.05) is 6.07 Å². The van der Waals surface area contributed by atoms with Crippen molar-refractivity contribution in [3.63, 3.8) is 0 Å². The molecule has 1 aromatic rings. The zero-order chi connectivity index (χ0) is 13.1. The van der Waals surface area contributed by atoms with Crippen LogP contribution in [0, 0.1) is 19.8 Å². The lowest BCUT2D eigenvalue weighted by atomic mass is 9.89. The molecule has 1 unspecified atom stereocenters. The van der Waals surface area contributed by atoms with Crippen LogP contribution in [0.1, 0.15) is 29.5 Å². The van der Waals surface area contributed by atoms with Crippen LogP contribution in [0.3, 0.4) is 0 Å². The third-order valence-electron chi connectivity index (χ3n) is 3.97. The maximum absolute atomic E-state index is 6.28. The van der Waals surface area contributed by atoms with E-state index in [1.54, 1.807) is 7.11 Å². The van der Waals surface area contributed by atoms with Gasteiger partial charge in [0.15, 0.2) is 0 Å². The van der Waals surface area contributed by atoms with Gasteiger partial charge in [-0.25, -0.2) is 0 Å². The Kier molecular flexibility index (Phi) is 4.52. The smallest absolute Gasteiger partial charge is 0.140 e. The van der Waals surface area contributed by atoms with Gasteiger partial charge >= 0.3 is 0 Å². The fourth-order valence-electron chi connectivity index (χ4n) is 2.77. The standard InChI is InChI=1S/C15H22ClNO/c1-10-7-14(16)15(18-3)13(11(10)2)8-12-5-4-6-17-9-12/h7,12,17H,4-6,8-9H2,1-3H3. The molecule has 0 aromatic heterocycles. The van der Waals surface area contributed by atoms with E-state index < -0.39 is 0 Å². The molecule has 2 rings (SSSR count). The first-order valence-electron chi connectivity index (χ1n) is 6.66. The molecule has 3 heteroatoms. The molecule has 1 atom stereocenters. The van der Waals surface area contributed by atoms with Gasteiger partial charge in [-0.15, -0.1) is 0 Å². The third kappa shape index (κ3) is 2.81. The molecule has 18 heavy (non-hydrogen) atoms. The van der Waals surface area contributed by atoms with Crippen molar-refractivity contribution < 1.29 is 4.74 Å². The van der Waals surface area contributed by atoms with Gasteiger partial charge in [-0.2, -0.15) is 0 Å². The highest BCUT2D eigenvalue weighted by atomic mass is 35.5. The molecule has 0 saturated carbocycles. The van der Waals surface area contributed by atoms with Crippen LogP contribution < -0.4 is 10.1 Å². The molecule has 2 nitrogen and oxygen atoms in total. The number of piperidine rings is 1. The lowest BCUT2D eigenvalue weighted by Gasteiger charge is -2.25. The molecule has 1 aliphatic rings. The number of halogens is 1. The van der Waals surface area contributed by atoms with Gasteiger partial charge in [0.1, 0.15) is 5.75 Å². The molecular weight excluding hydrogens is 246 g/mol. The van der Waals surface area contributed by atoms with E-state index in [1.165, 1.54) is 29.5 Å². The van der Waals surface area contributed by atoms with Gasteiger partial charge in [0.25, 0.3) is 0 Å². The normalized spacial score (nSPS) is 19.9. The van der Waals surface area contributed by atoms with E-state index in [4.69, 9.17) is 16.3 Å². The SMILES string of the molecule is COc1c(Cl)cc(C)c(C)c1CC1CCCNC1. The van der Waals surface area contributed by atoms with Crippen LogP contribution in [0.25, 0.3) is 0 Å².